The summed E-state index contributed by atoms with van der Waals surface area (Å²) in [5, 5.41) is 5.00. The van der Waals surface area contributed by atoms with Crippen LogP contribution in [0.1, 0.15) is 34.5 Å². The minimum Gasteiger partial charge on any atom is -0.452 e. The molecule has 0 aromatic heterocycles. The lowest BCUT2D eigenvalue weighted by molar-refractivity contribution is -0.124. The lowest BCUT2D eigenvalue weighted by Gasteiger charge is -2.26. The smallest absolute Gasteiger partial charge is 0.338 e. The first-order chi connectivity index (χ1) is 16.8. The van der Waals surface area contributed by atoms with Crippen molar-refractivity contribution in [2.45, 2.75) is 24.8 Å². The molecule has 1 amide bonds. The van der Waals surface area contributed by atoms with Crippen LogP contribution in [0.3, 0.4) is 0 Å². The van der Waals surface area contributed by atoms with E-state index in [-0.39, 0.29) is 29.6 Å². The van der Waals surface area contributed by atoms with Crippen molar-refractivity contribution >= 4 is 32.7 Å². The summed E-state index contributed by atoms with van der Waals surface area (Å²) in [5.74, 6) is -1.22. The highest BCUT2D eigenvalue weighted by Crippen LogP contribution is 2.23. The van der Waals surface area contributed by atoms with Crippen LogP contribution in [0.2, 0.25) is 0 Å². The van der Waals surface area contributed by atoms with E-state index < -0.39 is 28.5 Å². The number of morpholine rings is 1. The van der Waals surface area contributed by atoms with Gasteiger partial charge < -0.3 is 14.8 Å². The maximum atomic E-state index is 13.0. The van der Waals surface area contributed by atoms with Crippen LogP contribution in [0.25, 0.3) is 10.8 Å². The highest BCUT2D eigenvalue weighted by molar-refractivity contribution is 7.89. The monoisotopic (exact) mass is 496 g/mol. The van der Waals surface area contributed by atoms with Gasteiger partial charge in [-0.3, -0.25) is 4.79 Å². The van der Waals surface area contributed by atoms with E-state index >= 15 is 0 Å². The molecule has 1 unspecified atom stereocenters. The van der Waals surface area contributed by atoms with E-state index in [4.69, 9.17) is 9.47 Å². The molecule has 1 fully saturated rings. The van der Waals surface area contributed by atoms with Crippen LogP contribution in [-0.4, -0.2) is 57.5 Å². The maximum absolute atomic E-state index is 13.0. The minimum absolute atomic E-state index is 0.0447. The fourth-order valence-electron chi connectivity index (χ4n) is 3.99. The third-order valence-electron chi connectivity index (χ3n) is 6.00. The van der Waals surface area contributed by atoms with Gasteiger partial charge in [0, 0.05) is 13.1 Å². The molecule has 184 valence electrons. The summed E-state index contributed by atoms with van der Waals surface area (Å²) in [4.78, 5) is 25.0. The first-order valence-corrected chi connectivity index (χ1v) is 12.8. The third-order valence-corrected chi connectivity index (χ3v) is 8.04. The number of nitrogens with zero attached hydrogens (tertiary/aromatic N) is 1. The molecular weight excluding hydrogens is 468 g/mol. The van der Waals surface area contributed by atoms with Crippen molar-refractivity contribution in [2.75, 3.05) is 32.9 Å². The van der Waals surface area contributed by atoms with Crippen LogP contribution in [0, 0.1) is 6.92 Å². The number of hydrogen-bond acceptors (Lipinski definition) is 6. The van der Waals surface area contributed by atoms with E-state index in [0.29, 0.717) is 18.8 Å². The van der Waals surface area contributed by atoms with Gasteiger partial charge in [0.2, 0.25) is 10.0 Å². The second-order valence-electron chi connectivity index (χ2n) is 8.47. The topological polar surface area (TPSA) is 102 Å². The number of benzene rings is 3. The van der Waals surface area contributed by atoms with Gasteiger partial charge in [0.1, 0.15) is 0 Å². The van der Waals surface area contributed by atoms with E-state index in [1.807, 2.05) is 49.4 Å². The molecule has 4 rings (SSSR count). The van der Waals surface area contributed by atoms with Gasteiger partial charge in [0.25, 0.3) is 5.91 Å². The van der Waals surface area contributed by atoms with Gasteiger partial charge in [-0.1, -0.05) is 42.5 Å². The molecule has 0 radical (unpaired) electrons. The van der Waals surface area contributed by atoms with Crippen LogP contribution >= 0.6 is 0 Å². The molecule has 35 heavy (non-hydrogen) atoms. The van der Waals surface area contributed by atoms with Gasteiger partial charge in [0.05, 0.1) is 29.7 Å². The largest absolute Gasteiger partial charge is 0.452 e. The molecule has 3 aromatic carbocycles. The van der Waals surface area contributed by atoms with Crippen molar-refractivity contribution in [3.63, 3.8) is 0 Å². The fourth-order valence-corrected chi connectivity index (χ4v) is 5.65. The average Bonchev–Trinajstić information content (AvgIpc) is 2.87. The summed E-state index contributed by atoms with van der Waals surface area (Å²) in [6, 6.07) is 18.0. The van der Waals surface area contributed by atoms with Crippen LogP contribution in [0.5, 0.6) is 0 Å². The number of rotatable bonds is 7. The lowest BCUT2D eigenvalue weighted by atomic mass is 10.0. The SMILES string of the molecule is Cc1ccc(C(=O)OCC(=O)NC(C)c2ccc3ccccc3c2)cc1S(=O)(=O)N1CCOCC1. The Balaban J connectivity index is 1.38. The molecule has 1 atom stereocenters. The zero-order valence-corrected chi connectivity index (χ0v) is 20.5. The van der Waals surface area contributed by atoms with Crippen LogP contribution in [0.15, 0.2) is 65.6 Å². The van der Waals surface area contributed by atoms with Gasteiger partial charge in [-0.25, -0.2) is 13.2 Å². The molecule has 1 aliphatic rings. The Morgan fingerprint density at radius 1 is 1.03 bits per heavy atom. The zero-order chi connectivity index (χ0) is 25.0. The summed E-state index contributed by atoms with van der Waals surface area (Å²) in [6.45, 7) is 4.21. The maximum Gasteiger partial charge on any atom is 0.338 e. The molecule has 8 nitrogen and oxygen atoms in total. The summed E-state index contributed by atoms with van der Waals surface area (Å²) in [5.41, 5.74) is 1.52. The Kier molecular flexibility index (Phi) is 7.49. The van der Waals surface area contributed by atoms with Gasteiger partial charge in [-0.15, -0.1) is 0 Å². The summed E-state index contributed by atoms with van der Waals surface area (Å²) >= 11 is 0. The average molecular weight is 497 g/mol. The second-order valence-corrected chi connectivity index (χ2v) is 10.4. The highest BCUT2D eigenvalue weighted by Gasteiger charge is 2.28. The molecule has 1 aliphatic heterocycles. The summed E-state index contributed by atoms with van der Waals surface area (Å²) in [7, 11) is -3.78. The Hall–Kier alpha value is -3.27. The second kappa shape index (κ2) is 10.6. The molecule has 1 saturated heterocycles. The van der Waals surface area contributed by atoms with Crippen molar-refractivity contribution in [2.24, 2.45) is 0 Å². The Bertz CT molecular complexity index is 1350. The van der Waals surface area contributed by atoms with E-state index in [2.05, 4.69) is 5.32 Å². The van der Waals surface area contributed by atoms with Crippen molar-refractivity contribution in [1.29, 1.82) is 0 Å². The van der Waals surface area contributed by atoms with Gasteiger partial charge in [-0.05, 0) is 53.9 Å². The quantitative estimate of drug-likeness (QED) is 0.504. The number of sulfonamides is 1. The number of carbonyl (C=O) groups excluding carboxylic acids is 2. The number of ether oxygens (including phenoxy) is 2. The minimum atomic E-state index is -3.78. The Morgan fingerprint density at radius 3 is 2.49 bits per heavy atom. The number of esters is 1. The molecule has 3 aromatic rings. The van der Waals surface area contributed by atoms with E-state index in [1.54, 1.807) is 13.0 Å². The highest BCUT2D eigenvalue weighted by atomic mass is 32.2. The predicted molar refractivity (Wildman–Crippen MR) is 132 cm³/mol. The number of fused-ring (bicyclic) bond motifs is 1. The molecule has 1 N–H and O–H groups in total. The van der Waals surface area contributed by atoms with E-state index in [0.717, 1.165) is 16.3 Å². The van der Waals surface area contributed by atoms with Gasteiger partial charge in [-0.2, -0.15) is 4.31 Å². The van der Waals surface area contributed by atoms with Crippen LogP contribution in [0.4, 0.5) is 0 Å². The number of aryl methyl sites for hydroxylation is 1. The van der Waals surface area contributed by atoms with Crippen molar-refractivity contribution in [3.05, 3.63) is 77.4 Å². The molecule has 0 spiro atoms. The van der Waals surface area contributed by atoms with E-state index in [9.17, 15) is 18.0 Å². The number of carbonyl (C=O) groups is 2. The Labute approximate surface area is 204 Å². The Morgan fingerprint density at radius 2 is 1.74 bits per heavy atom. The molecule has 0 aliphatic carbocycles. The summed E-state index contributed by atoms with van der Waals surface area (Å²) < 4.78 is 37.8. The van der Waals surface area contributed by atoms with Gasteiger partial charge >= 0.3 is 5.97 Å². The molecular formula is C26H28N2O6S. The molecule has 9 heteroatoms. The first kappa shape index (κ1) is 24.8. The van der Waals surface area contributed by atoms with Crippen molar-refractivity contribution < 1.29 is 27.5 Å². The van der Waals surface area contributed by atoms with Crippen LogP contribution in [-0.2, 0) is 24.3 Å². The number of amides is 1. The van der Waals surface area contributed by atoms with Crippen LogP contribution < -0.4 is 5.32 Å². The predicted octanol–water partition coefficient (Wildman–Crippen LogP) is 3.20. The standard InChI is InChI=1S/C26H28N2O6S/c1-18-7-8-23(16-24(18)35(31,32)28-11-13-33-14-12-28)26(30)34-17-25(29)27-19(2)21-10-9-20-5-3-4-6-22(20)15-21/h3-10,15-16,19H,11-14,17H2,1-2H3,(H,27,29). The summed E-state index contributed by atoms with van der Waals surface area (Å²) in [6.07, 6.45) is 0. The molecule has 0 bridgehead atoms. The number of nitrogens with one attached hydrogen (secondary N) is 1. The van der Waals surface area contributed by atoms with E-state index in [1.165, 1.54) is 16.4 Å². The molecule has 0 saturated carbocycles. The normalized spacial score (nSPS) is 15.5. The zero-order valence-electron chi connectivity index (χ0n) is 19.7. The third kappa shape index (κ3) is 5.70. The van der Waals surface area contributed by atoms with Crippen molar-refractivity contribution in [1.82, 2.24) is 9.62 Å². The van der Waals surface area contributed by atoms with Gasteiger partial charge in [0.15, 0.2) is 6.61 Å². The lowest BCUT2D eigenvalue weighted by Crippen LogP contribution is -2.40. The first-order valence-electron chi connectivity index (χ1n) is 11.4. The fraction of sp³-hybridized carbons (Fsp3) is 0.308. The molecule has 1 heterocycles. The number of hydrogen-bond donors (Lipinski definition) is 1. The van der Waals surface area contributed by atoms with Crippen molar-refractivity contribution in [3.8, 4) is 0 Å².